The summed E-state index contributed by atoms with van der Waals surface area (Å²) in [6.45, 7) is 1.82. The van der Waals surface area contributed by atoms with Crippen molar-refractivity contribution in [2.24, 2.45) is 0 Å². The molecule has 1 aliphatic rings. The van der Waals surface area contributed by atoms with E-state index in [2.05, 4.69) is 0 Å². The maximum atomic E-state index is 11.8. The number of carbonyl (C=O) groups is 1. The van der Waals surface area contributed by atoms with Crippen LogP contribution in [0, 0.1) is 6.92 Å². The second kappa shape index (κ2) is 5.01. The lowest BCUT2D eigenvalue weighted by molar-refractivity contribution is -0.135. The fourth-order valence-corrected chi connectivity index (χ4v) is 2.56. The number of hydrogen-bond donors (Lipinski definition) is 0. The van der Waals surface area contributed by atoms with Crippen molar-refractivity contribution in [3.05, 3.63) is 38.9 Å². The molecular formula is C13H11NO5S. The third-order valence-corrected chi connectivity index (χ3v) is 3.72. The Hall–Kier alpha value is -2.28. The molecule has 0 N–H and O–H groups in total. The third kappa shape index (κ3) is 2.39. The second-order valence-electron chi connectivity index (χ2n) is 4.22. The van der Waals surface area contributed by atoms with E-state index in [1.807, 2.05) is 0 Å². The Morgan fingerprint density at radius 2 is 2.20 bits per heavy atom. The van der Waals surface area contributed by atoms with E-state index >= 15 is 0 Å². The molecular weight excluding hydrogens is 282 g/mol. The molecule has 0 bridgehead atoms. The molecule has 0 aliphatic carbocycles. The molecule has 0 fully saturated rings. The minimum atomic E-state index is -0.507. The van der Waals surface area contributed by atoms with Gasteiger partial charge in [0.15, 0.2) is 11.5 Å². The molecule has 2 heterocycles. The molecule has 0 amide bonds. The number of ether oxygens (including phenoxy) is 3. The van der Waals surface area contributed by atoms with Gasteiger partial charge in [-0.2, -0.15) is 0 Å². The van der Waals surface area contributed by atoms with Crippen LogP contribution >= 0.6 is 11.3 Å². The molecule has 1 aromatic carbocycles. The van der Waals surface area contributed by atoms with E-state index in [9.17, 15) is 9.59 Å². The summed E-state index contributed by atoms with van der Waals surface area (Å²) in [7, 11) is 0. The summed E-state index contributed by atoms with van der Waals surface area (Å²) in [6, 6.07) is 4.88. The molecule has 104 valence electrons. The highest BCUT2D eigenvalue weighted by Crippen LogP contribution is 2.35. The van der Waals surface area contributed by atoms with Gasteiger partial charge in [0.2, 0.25) is 6.79 Å². The van der Waals surface area contributed by atoms with Crippen LogP contribution in [0.5, 0.6) is 17.2 Å². The van der Waals surface area contributed by atoms with Crippen molar-refractivity contribution >= 4 is 17.3 Å². The Kier molecular flexibility index (Phi) is 3.19. The third-order valence-electron chi connectivity index (χ3n) is 2.84. The van der Waals surface area contributed by atoms with E-state index in [1.165, 1.54) is 4.57 Å². The fraction of sp³-hybridized carbons (Fsp3) is 0.231. The van der Waals surface area contributed by atoms with Crippen molar-refractivity contribution in [1.29, 1.82) is 0 Å². The number of hydrogen-bond acceptors (Lipinski definition) is 6. The zero-order valence-electron chi connectivity index (χ0n) is 10.6. The minimum absolute atomic E-state index is 0.109. The van der Waals surface area contributed by atoms with E-state index in [0.717, 1.165) is 17.0 Å². The van der Waals surface area contributed by atoms with Gasteiger partial charge in [-0.3, -0.25) is 9.36 Å². The van der Waals surface area contributed by atoms with Gasteiger partial charge in [0, 0.05) is 17.1 Å². The largest absolute Gasteiger partial charge is 0.454 e. The van der Waals surface area contributed by atoms with Gasteiger partial charge in [0.05, 0.1) is 0 Å². The summed E-state index contributed by atoms with van der Waals surface area (Å²) >= 11 is 1.06. The first kappa shape index (κ1) is 12.7. The number of aryl methyl sites for hydroxylation is 1. The van der Waals surface area contributed by atoms with Gasteiger partial charge in [-0.1, -0.05) is 11.3 Å². The number of nitrogens with zero attached hydrogens (tertiary/aromatic N) is 1. The van der Waals surface area contributed by atoms with Crippen LogP contribution in [0.3, 0.4) is 0 Å². The Morgan fingerprint density at radius 3 is 2.95 bits per heavy atom. The van der Waals surface area contributed by atoms with Gasteiger partial charge in [-0.15, -0.1) is 0 Å². The molecule has 0 unspecified atom stereocenters. The molecule has 0 spiro atoms. The second-order valence-corrected chi connectivity index (χ2v) is 5.04. The van der Waals surface area contributed by atoms with Gasteiger partial charge in [-0.25, -0.2) is 4.79 Å². The summed E-state index contributed by atoms with van der Waals surface area (Å²) in [5.41, 5.74) is 0.739. The van der Waals surface area contributed by atoms with E-state index in [1.54, 1.807) is 30.5 Å². The quantitative estimate of drug-likeness (QED) is 0.634. The number of fused-ring (bicyclic) bond motifs is 1. The van der Waals surface area contributed by atoms with Crippen LogP contribution in [0.25, 0.3) is 0 Å². The standard InChI is InChI=1S/C13H11NO5S/c1-8-6-20-13(16)14(8)5-12(15)19-9-2-3-10-11(4-9)18-7-17-10/h2-4,6H,5,7H2,1H3. The first-order chi connectivity index (χ1) is 9.63. The average Bonchev–Trinajstić information content (AvgIpc) is 3.00. The van der Waals surface area contributed by atoms with Crippen LogP contribution in [0.1, 0.15) is 5.69 Å². The van der Waals surface area contributed by atoms with Gasteiger partial charge in [0.1, 0.15) is 12.3 Å². The number of esters is 1. The van der Waals surface area contributed by atoms with Gasteiger partial charge < -0.3 is 14.2 Å². The zero-order chi connectivity index (χ0) is 14.1. The summed E-state index contributed by atoms with van der Waals surface area (Å²) < 4.78 is 16.9. The smallest absolute Gasteiger partial charge is 0.331 e. The monoisotopic (exact) mass is 293 g/mol. The van der Waals surface area contributed by atoms with Gasteiger partial charge in [0.25, 0.3) is 0 Å². The predicted molar refractivity (Wildman–Crippen MR) is 71.5 cm³/mol. The lowest BCUT2D eigenvalue weighted by Crippen LogP contribution is -2.23. The average molecular weight is 293 g/mol. The fourth-order valence-electron chi connectivity index (χ4n) is 1.83. The number of thiazole rings is 1. The Morgan fingerprint density at radius 1 is 1.40 bits per heavy atom. The zero-order valence-corrected chi connectivity index (χ0v) is 11.4. The number of rotatable bonds is 3. The molecule has 6 nitrogen and oxygen atoms in total. The highest BCUT2D eigenvalue weighted by Gasteiger charge is 2.16. The van der Waals surface area contributed by atoms with E-state index < -0.39 is 5.97 Å². The summed E-state index contributed by atoms with van der Waals surface area (Å²) in [5, 5.41) is 1.70. The maximum Gasteiger partial charge on any atom is 0.331 e. The predicted octanol–water partition coefficient (Wildman–Crippen LogP) is 1.55. The van der Waals surface area contributed by atoms with Crippen LogP contribution in [0.2, 0.25) is 0 Å². The van der Waals surface area contributed by atoms with Crippen LogP contribution in [-0.2, 0) is 11.3 Å². The SMILES string of the molecule is Cc1csc(=O)n1CC(=O)Oc1ccc2c(c1)OCO2. The van der Waals surface area contributed by atoms with Crippen molar-refractivity contribution in [3.8, 4) is 17.2 Å². The van der Waals surface area contributed by atoms with Crippen LogP contribution < -0.4 is 19.1 Å². The van der Waals surface area contributed by atoms with Crippen molar-refractivity contribution in [1.82, 2.24) is 4.57 Å². The van der Waals surface area contributed by atoms with E-state index in [0.29, 0.717) is 17.2 Å². The Balaban J connectivity index is 1.72. The van der Waals surface area contributed by atoms with Crippen molar-refractivity contribution < 1.29 is 19.0 Å². The van der Waals surface area contributed by atoms with Crippen molar-refractivity contribution in [2.45, 2.75) is 13.5 Å². The van der Waals surface area contributed by atoms with Crippen molar-refractivity contribution in [2.75, 3.05) is 6.79 Å². The molecule has 20 heavy (non-hydrogen) atoms. The van der Waals surface area contributed by atoms with Gasteiger partial charge >= 0.3 is 10.8 Å². The maximum absolute atomic E-state index is 11.8. The molecule has 1 aromatic heterocycles. The topological polar surface area (TPSA) is 66.8 Å². The van der Waals surface area contributed by atoms with Crippen LogP contribution in [0.4, 0.5) is 0 Å². The van der Waals surface area contributed by atoms with Crippen molar-refractivity contribution in [3.63, 3.8) is 0 Å². The molecule has 0 saturated heterocycles. The lowest BCUT2D eigenvalue weighted by atomic mass is 10.3. The van der Waals surface area contributed by atoms with E-state index in [4.69, 9.17) is 14.2 Å². The number of aromatic nitrogens is 1. The van der Waals surface area contributed by atoms with E-state index in [-0.39, 0.29) is 18.2 Å². The molecule has 7 heteroatoms. The summed E-state index contributed by atoms with van der Waals surface area (Å²) in [6.07, 6.45) is 0. The van der Waals surface area contributed by atoms with Gasteiger partial charge in [-0.05, 0) is 19.1 Å². The summed E-state index contributed by atoms with van der Waals surface area (Å²) in [4.78, 5) is 23.2. The molecule has 0 saturated carbocycles. The Bertz CT molecular complexity index is 718. The van der Waals surface area contributed by atoms with Crippen LogP contribution in [0.15, 0.2) is 28.4 Å². The normalized spacial score (nSPS) is 12.4. The number of carbonyl (C=O) groups excluding carboxylic acids is 1. The Labute approximate surface area is 118 Å². The molecule has 1 aliphatic heterocycles. The number of benzene rings is 1. The molecule has 3 rings (SSSR count). The highest BCUT2D eigenvalue weighted by molar-refractivity contribution is 7.07. The first-order valence-corrected chi connectivity index (χ1v) is 6.77. The highest BCUT2D eigenvalue weighted by atomic mass is 32.1. The van der Waals surface area contributed by atoms with Crippen LogP contribution in [-0.4, -0.2) is 17.3 Å². The first-order valence-electron chi connectivity index (χ1n) is 5.89. The summed E-state index contributed by atoms with van der Waals surface area (Å²) in [5.74, 6) is 1.02. The lowest BCUT2D eigenvalue weighted by Gasteiger charge is -2.06. The molecule has 0 radical (unpaired) electrons. The molecule has 2 aromatic rings. The minimum Gasteiger partial charge on any atom is -0.454 e. The molecule has 0 atom stereocenters.